The molecule has 3 heteroatoms. The third kappa shape index (κ3) is 2.20. The molecule has 1 atom stereocenters. The van der Waals surface area contributed by atoms with Gasteiger partial charge in [0.2, 0.25) is 0 Å². The van der Waals surface area contributed by atoms with Crippen molar-refractivity contribution in [1.82, 2.24) is 0 Å². The summed E-state index contributed by atoms with van der Waals surface area (Å²) in [5, 5.41) is 0.618. The molecule has 0 fully saturated rings. The second kappa shape index (κ2) is 5.16. The molecule has 0 amide bonds. The zero-order valence-electron chi connectivity index (χ0n) is 9.80. The van der Waals surface area contributed by atoms with Gasteiger partial charge in [-0.2, -0.15) is 9.90 Å². The summed E-state index contributed by atoms with van der Waals surface area (Å²) in [7, 11) is 0. The fourth-order valence-electron chi connectivity index (χ4n) is 1.85. The van der Waals surface area contributed by atoms with E-state index in [1.807, 2.05) is 48.5 Å². The van der Waals surface area contributed by atoms with Gasteiger partial charge < -0.3 is 4.42 Å². The quantitative estimate of drug-likeness (QED) is 0.623. The van der Waals surface area contributed by atoms with E-state index in [0.29, 0.717) is 16.7 Å². The lowest BCUT2D eigenvalue weighted by molar-refractivity contribution is 0.619. The molecule has 0 saturated heterocycles. The van der Waals surface area contributed by atoms with Crippen LogP contribution in [0.25, 0.3) is 22.3 Å². The molecule has 2 nitrogen and oxygen atoms in total. The Balaban J connectivity index is 0.00000120. The Labute approximate surface area is 108 Å². The lowest BCUT2D eigenvalue weighted by Crippen LogP contribution is -1.99. The molecule has 0 bridgehead atoms. The molecule has 0 radical (unpaired) electrons. The van der Waals surface area contributed by atoms with E-state index in [9.17, 15) is 4.79 Å². The fraction of sp³-hybridized carbons (Fsp3) is 0. The zero-order chi connectivity index (χ0) is 11.7. The van der Waals surface area contributed by atoms with E-state index in [1.165, 1.54) is 6.07 Å². The summed E-state index contributed by atoms with van der Waals surface area (Å²) in [5.41, 5.74) is 1.53. The normalized spacial score (nSPS) is 10.0. The van der Waals surface area contributed by atoms with Crippen molar-refractivity contribution >= 4 is 20.9 Å². The summed E-state index contributed by atoms with van der Waals surface area (Å²) in [4.78, 5) is 11.9. The molecular weight excluding hydrogens is 243 g/mol. The Morgan fingerprint density at radius 1 is 0.833 bits per heavy atom. The van der Waals surface area contributed by atoms with Crippen molar-refractivity contribution in [3.05, 3.63) is 70.9 Å². The van der Waals surface area contributed by atoms with Crippen LogP contribution in [0.5, 0.6) is 0 Å². The molecule has 1 unspecified atom stereocenters. The van der Waals surface area contributed by atoms with Crippen LogP contribution in [-0.2, 0) is 0 Å². The van der Waals surface area contributed by atoms with Crippen LogP contribution in [-0.4, -0.2) is 0 Å². The Morgan fingerprint density at radius 3 is 2.28 bits per heavy atom. The van der Waals surface area contributed by atoms with Gasteiger partial charge in [0.1, 0.15) is 11.3 Å². The molecule has 3 aromatic rings. The van der Waals surface area contributed by atoms with E-state index in [4.69, 9.17) is 4.42 Å². The van der Waals surface area contributed by atoms with Gasteiger partial charge in [0.15, 0.2) is 5.43 Å². The number of hydrogen-bond donors (Lipinski definition) is 0. The summed E-state index contributed by atoms with van der Waals surface area (Å²) in [6, 6.07) is 18.4. The first-order valence-electron chi connectivity index (χ1n) is 5.43. The first-order valence-corrected chi connectivity index (χ1v) is 5.43. The first kappa shape index (κ1) is 12.5. The van der Waals surface area contributed by atoms with Gasteiger partial charge in [-0.15, -0.1) is 0 Å². The zero-order valence-corrected chi connectivity index (χ0v) is 11.2. The van der Waals surface area contributed by atoms with Crippen LogP contribution >= 0.6 is 9.90 Å². The monoisotopic (exact) mass is 256 g/mol. The molecule has 0 aliphatic rings. The number of rotatable bonds is 1. The largest absolute Gasteiger partial charge is 0.456 e. The molecule has 90 valence electrons. The van der Waals surface area contributed by atoms with Crippen molar-refractivity contribution in [3.63, 3.8) is 0 Å². The van der Waals surface area contributed by atoms with E-state index in [1.54, 1.807) is 6.07 Å². The van der Waals surface area contributed by atoms with Crippen molar-refractivity contribution in [2.45, 2.75) is 0 Å². The van der Waals surface area contributed by atoms with Crippen LogP contribution in [0.4, 0.5) is 0 Å². The number of para-hydroxylation sites is 1. The van der Waals surface area contributed by atoms with Crippen LogP contribution < -0.4 is 5.43 Å². The van der Waals surface area contributed by atoms with Gasteiger partial charge in [-0.05, 0) is 12.1 Å². The van der Waals surface area contributed by atoms with Crippen LogP contribution in [0.1, 0.15) is 0 Å². The van der Waals surface area contributed by atoms with Gasteiger partial charge in [-0.1, -0.05) is 42.5 Å². The molecule has 2 aromatic carbocycles. The molecule has 0 aliphatic heterocycles. The predicted octanol–water partition coefficient (Wildman–Crippen LogP) is 3.52. The maximum Gasteiger partial charge on any atom is 0.193 e. The van der Waals surface area contributed by atoms with E-state index < -0.39 is 0 Å². The van der Waals surface area contributed by atoms with Crippen molar-refractivity contribution in [2.24, 2.45) is 0 Å². The smallest absolute Gasteiger partial charge is 0.193 e. The first-order chi connectivity index (χ1) is 8.34. The Hall–Kier alpha value is -1.92. The fourth-order valence-corrected chi connectivity index (χ4v) is 1.85. The third-order valence-corrected chi connectivity index (χ3v) is 2.69. The molecule has 0 saturated carbocycles. The van der Waals surface area contributed by atoms with Crippen molar-refractivity contribution in [1.29, 1.82) is 0 Å². The number of fused-ring (bicyclic) bond motifs is 1. The van der Waals surface area contributed by atoms with Gasteiger partial charge in [-0.25, -0.2) is 0 Å². The molecule has 0 N–H and O–H groups in total. The highest BCUT2D eigenvalue weighted by molar-refractivity contribution is 6.92. The van der Waals surface area contributed by atoms with E-state index in [2.05, 4.69) is 0 Å². The van der Waals surface area contributed by atoms with Crippen LogP contribution in [0, 0.1) is 0 Å². The van der Waals surface area contributed by atoms with Crippen LogP contribution in [0.15, 0.2) is 69.9 Å². The molecule has 1 aromatic heterocycles. The van der Waals surface area contributed by atoms with Gasteiger partial charge >= 0.3 is 0 Å². The van der Waals surface area contributed by atoms with Gasteiger partial charge in [0.25, 0.3) is 0 Å². The summed E-state index contributed by atoms with van der Waals surface area (Å²) in [6.07, 6.45) is 0. The van der Waals surface area contributed by atoms with E-state index in [0.717, 1.165) is 5.56 Å². The van der Waals surface area contributed by atoms with Crippen LogP contribution in [0.3, 0.4) is 0 Å². The standard InChI is InChI=1S/C15H10O2.H3P/c16-13-10-15(11-6-2-1-3-7-11)17-14-9-5-4-8-12(13)14;/h1-10H;1H3. The maximum atomic E-state index is 11.9. The molecule has 0 aliphatic carbocycles. The highest BCUT2D eigenvalue weighted by Crippen LogP contribution is 2.21. The number of hydrogen-bond acceptors (Lipinski definition) is 2. The van der Waals surface area contributed by atoms with Crippen molar-refractivity contribution in [2.75, 3.05) is 0 Å². The molecule has 0 spiro atoms. The topological polar surface area (TPSA) is 30.2 Å². The van der Waals surface area contributed by atoms with E-state index >= 15 is 0 Å². The lowest BCUT2D eigenvalue weighted by Gasteiger charge is -2.02. The van der Waals surface area contributed by atoms with Gasteiger partial charge in [-0.3, -0.25) is 4.79 Å². The average Bonchev–Trinajstić information content (AvgIpc) is 2.40. The average molecular weight is 256 g/mol. The predicted molar refractivity (Wildman–Crippen MR) is 79.0 cm³/mol. The number of benzene rings is 2. The summed E-state index contributed by atoms with van der Waals surface area (Å²) in [5.74, 6) is 0.606. The van der Waals surface area contributed by atoms with Gasteiger partial charge in [0.05, 0.1) is 5.39 Å². The Morgan fingerprint density at radius 2 is 1.50 bits per heavy atom. The maximum absolute atomic E-state index is 11.9. The Kier molecular flexibility index (Phi) is 3.59. The minimum Gasteiger partial charge on any atom is -0.456 e. The second-order valence-corrected chi connectivity index (χ2v) is 3.84. The third-order valence-electron chi connectivity index (χ3n) is 2.69. The van der Waals surface area contributed by atoms with Crippen molar-refractivity contribution < 1.29 is 4.42 Å². The summed E-state index contributed by atoms with van der Waals surface area (Å²) in [6.45, 7) is 0. The SMILES string of the molecule is O=c1cc(-c2ccccc2)oc2ccccc12.P. The van der Waals surface area contributed by atoms with E-state index in [-0.39, 0.29) is 15.3 Å². The molecule has 1 heterocycles. The molecular formula is C15H13O2P. The molecule has 3 rings (SSSR count). The second-order valence-electron chi connectivity index (χ2n) is 3.84. The Bertz CT molecular complexity index is 717. The minimum atomic E-state index is -0.00861. The summed E-state index contributed by atoms with van der Waals surface area (Å²) < 4.78 is 5.73. The highest BCUT2D eigenvalue weighted by atomic mass is 31.0. The highest BCUT2D eigenvalue weighted by Gasteiger charge is 2.05. The molecule has 18 heavy (non-hydrogen) atoms. The van der Waals surface area contributed by atoms with Crippen LogP contribution in [0.2, 0.25) is 0 Å². The minimum absolute atomic E-state index is 0. The van der Waals surface area contributed by atoms with Crippen molar-refractivity contribution in [3.8, 4) is 11.3 Å². The lowest BCUT2D eigenvalue weighted by atomic mass is 10.1. The van der Waals surface area contributed by atoms with Gasteiger partial charge in [0, 0.05) is 11.6 Å². The summed E-state index contributed by atoms with van der Waals surface area (Å²) >= 11 is 0.